The van der Waals surface area contributed by atoms with Crippen molar-refractivity contribution in [3.8, 4) is 0 Å². The second kappa shape index (κ2) is 26.2. The maximum absolute atomic E-state index is 11.8. The molecular weight excluding hydrogens is 507 g/mol. The quantitative estimate of drug-likeness (QED) is 0.0443. The van der Waals surface area contributed by atoms with E-state index in [0.717, 1.165) is 0 Å². The van der Waals surface area contributed by atoms with E-state index in [1.165, 1.54) is 108 Å². The van der Waals surface area contributed by atoms with Crippen LogP contribution < -0.4 is 0 Å². The molecule has 0 rings (SSSR count). The van der Waals surface area contributed by atoms with Gasteiger partial charge >= 0.3 is 11.5 Å². The number of unbranched alkanes of at least 4 members (excludes halogenated alkanes) is 13. The van der Waals surface area contributed by atoms with Gasteiger partial charge < -0.3 is 23.9 Å². The summed E-state index contributed by atoms with van der Waals surface area (Å²) in [6, 6.07) is 0. The van der Waals surface area contributed by atoms with E-state index in [9.17, 15) is 14.5 Å². The van der Waals surface area contributed by atoms with Crippen molar-refractivity contribution in [1.82, 2.24) is 0 Å². The summed E-state index contributed by atoms with van der Waals surface area (Å²) < 4.78 is 27.4. The molecule has 0 amide bonds. The summed E-state index contributed by atoms with van der Waals surface area (Å²) in [5.74, 6) is 0.201. The highest BCUT2D eigenvalue weighted by atomic mass is 32.2. The van der Waals surface area contributed by atoms with Gasteiger partial charge in [-0.15, -0.1) is 0 Å². The molecule has 37 heavy (non-hydrogen) atoms. The van der Waals surface area contributed by atoms with Crippen LogP contribution in [0.5, 0.6) is 0 Å². The van der Waals surface area contributed by atoms with Gasteiger partial charge in [-0.1, -0.05) is 104 Å². The molecule has 0 aliphatic heterocycles. The number of carbonyl (C=O) groups is 1. The molecule has 0 aliphatic rings. The number of ether oxygens (including phenoxy) is 3. The van der Waals surface area contributed by atoms with Crippen molar-refractivity contribution in [2.75, 3.05) is 25.6 Å². The van der Waals surface area contributed by atoms with Gasteiger partial charge in [0.2, 0.25) is 0 Å². The molecule has 0 aromatic carbocycles. The van der Waals surface area contributed by atoms with Crippen molar-refractivity contribution in [3.05, 3.63) is 0 Å². The van der Waals surface area contributed by atoms with E-state index in [1.807, 2.05) is 0 Å². The fourth-order valence-electron chi connectivity index (χ4n) is 4.27. The lowest BCUT2D eigenvalue weighted by Gasteiger charge is -2.25. The van der Waals surface area contributed by atoms with Crippen molar-refractivity contribution in [3.63, 3.8) is 0 Å². The van der Waals surface area contributed by atoms with E-state index in [1.54, 1.807) is 6.92 Å². The molecule has 0 aromatic rings. The van der Waals surface area contributed by atoms with E-state index >= 15 is 0 Å². The molecule has 0 spiro atoms. The molecule has 0 saturated heterocycles. The molecule has 0 saturated carbocycles. The molecule has 0 bridgehead atoms. The third-order valence-corrected chi connectivity index (χ3v) is 8.96. The van der Waals surface area contributed by atoms with Gasteiger partial charge in [-0.05, 0) is 38.9 Å². The van der Waals surface area contributed by atoms with Crippen molar-refractivity contribution in [1.29, 1.82) is 0 Å². The maximum Gasteiger partial charge on any atom is 0.374 e. The van der Waals surface area contributed by atoms with Gasteiger partial charge in [-0.3, -0.25) is 0 Å². The Balaban J connectivity index is 4.26. The summed E-state index contributed by atoms with van der Waals surface area (Å²) in [6.45, 7) is 8.95. The number of esters is 1. The zero-order valence-corrected chi connectivity index (χ0v) is 26.4. The standard InChI is InChI=1S/C29H59O6PS/c1-5-8-10-12-13-14-15-16-18-20-25-37-27(22-19-17-11-9-6-2)26(4)34-23-21-24-35-29(31,36-32)28(30)33-7-3/h26-27,31H,5-25,36H2,1-4H3. The van der Waals surface area contributed by atoms with Crippen LogP contribution in [0.15, 0.2) is 0 Å². The molecule has 222 valence electrons. The molecule has 0 heterocycles. The summed E-state index contributed by atoms with van der Waals surface area (Å²) in [4.78, 5) is 11.8. The highest BCUT2D eigenvalue weighted by molar-refractivity contribution is 7.99. The Labute approximate surface area is 233 Å². The Morgan fingerprint density at radius 3 is 1.89 bits per heavy atom. The second-order valence-corrected chi connectivity index (χ2v) is 12.5. The van der Waals surface area contributed by atoms with Crippen LogP contribution in [-0.4, -0.2) is 53.5 Å². The molecule has 6 nitrogen and oxygen atoms in total. The van der Waals surface area contributed by atoms with Gasteiger partial charge in [-0.25, -0.2) is 4.79 Å². The van der Waals surface area contributed by atoms with Crippen LogP contribution in [-0.2, 0) is 23.6 Å². The van der Waals surface area contributed by atoms with Crippen molar-refractivity contribution < 1.29 is 28.7 Å². The van der Waals surface area contributed by atoms with Gasteiger partial charge in [0, 0.05) is 11.9 Å². The van der Waals surface area contributed by atoms with Crippen molar-refractivity contribution >= 4 is 26.2 Å². The van der Waals surface area contributed by atoms with E-state index < -0.39 is 20.0 Å². The number of thioether (sulfide) groups is 1. The third-order valence-electron chi connectivity index (χ3n) is 6.66. The number of rotatable bonds is 28. The minimum absolute atomic E-state index is 0.0880. The van der Waals surface area contributed by atoms with Crippen LogP contribution in [0.25, 0.3) is 0 Å². The highest BCUT2D eigenvalue weighted by Crippen LogP contribution is 2.26. The summed E-state index contributed by atoms with van der Waals surface area (Å²) in [5, 5.41) is 10.6. The Bertz CT molecular complexity index is 539. The lowest BCUT2D eigenvalue weighted by atomic mass is 10.1. The minimum atomic E-state index is -2.33. The first-order chi connectivity index (χ1) is 17.9. The zero-order chi connectivity index (χ0) is 27.6. The third kappa shape index (κ3) is 20.5. The summed E-state index contributed by atoms with van der Waals surface area (Å²) in [7, 11) is -1.86. The first-order valence-corrected chi connectivity index (χ1v) is 17.3. The number of aliphatic hydroxyl groups is 1. The summed E-state index contributed by atoms with van der Waals surface area (Å²) in [6.07, 6.45) is 21.8. The molecule has 4 unspecified atom stereocenters. The van der Waals surface area contributed by atoms with Crippen LogP contribution in [0, 0.1) is 0 Å². The van der Waals surface area contributed by atoms with Crippen LogP contribution in [0.2, 0.25) is 0 Å². The maximum atomic E-state index is 11.8. The Morgan fingerprint density at radius 1 is 0.811 bits per heavy atom. The number of hydrogen-bond acceptors (Lipinski definition) is 7. The molecule has 0 aliphatic carbocycles. The molecule has 8 heteroatoms. The fourth-order valence-corrected chi connectivity index (χ4v) is 5.99. The Kier molecular flexibility index (Phi) is 26.1. The first kappa shape index (κ1) is 36.9. The average Bonchev–Trinajstić information content (AvgIpc) is 2.90. The van der Waals surface area contributed by atoms with Crippen molar-refractivity contribution in [2.24, 2.45) is 0 Å². The number of hydrogen-bond donors (Lipinski definition) is 1. The highest BCUT2D eigenvalue weighted by Gasteiger charge is 2.38. The normalized spacial score (nSPS) is 15.2. The molecule has 4 atom stereocenters. The van der Waals surface area contributed by atoms with Crippen LogP contribution in [0.3, 0.4) is 0 Å². The lowest BCUT2D eigenvalue weighted by Crippen LogP contribution is -2.38. The van der Waals surface area contributed by atoms with Crippen molar-refractivity contribution in [2.45, 2.75) is 154 Å². The van der Waals surface area contributed by atoms with Crippen LogP contribution in [0.1, 0.15) is 137 Å². The van der Waals surface area contributed by atoms with Gasteiger partial charge in [0.25, 0.3) is 0 Å². The number of carbonyl (C=O) groups excluding carboxylic acids is 1. The SMILES string of the molecule is CCCCCCCCCCCCSC(CCCCCCC)C(C)OCCCOC(O)([PH2]=O)C(=O)OCC. The predicted molar refractivity (Wildman–Crippen MR) is 159 cm³/mol. The Morgan fingerprint density at radius 2 is 1.35 bits per heavy atom. The molecule has 0 fully saturated rings. The van der Waals surface area contributed by atoms with E-state index in [4.69, 9.17) is 14.2 Å². The average molecular weight is 567 g/mol. The molecule has 0 radical (unpaired) electrons. The second-order valence-electron chi connectivity index (χ2n) is 10.1. The van der Waals surface area contributed by atoms with E-state index in [2.05, 4.69) is 32.5 Å². The largest absolute Gasteiger partial charge is 0.462 e. The van der Waals surface area contributed by atoms with E-state index in [0.29, 0.717) is 18.3 Å². The lowest BCUT2D eigenvalue weighted by molar-refractivity contribution is -0.196. The summed E-state index contributed by atoms with van der Waals surface area (Å²) >= 11 is 2.06. The van der Waals surface area contributed by atoms with Gasteiger partial charge in [0.1, 0.15) is 8.46 Å². The Hall–Kier alpha value is -0.0700. The van der Waals surface area contributed by atoms with Crippen LogP contribution in [0.4, 0.5) is 0 Å². The predicted octanol–water partition coefficient (Wildman–Crippen LogP) is 8.15. The van der Waals surface area contributed by atoms with Gasteiger partial charge in [0.15, 0.2) is 0 Å². The summed E-state index contributed by atoms with van der Waals surface area (Å²) in [5.41, 5.74) is -2.33. The molecule has 0 aromatic heterocycles. The molecular formula is C29H59O6PS. The zero-order valence-electron chi connectivity index (χ0n) is 24.5. The minimum Gasteiger partial charge on any atom is -0.462 e. The monoisotopic (exact) mass is 566 g/mol. The van der Waals surface area contributed by atoms with Crippen LogP contribution >= 0.6 is 20.2 Å². The van der Waals surface area contributed by atoms with Gasteiger partial charge in [0.05, 0.1) is 19.3 Å². The van der Waals surface area contributed by atoms with E-state index in [-0.39, 0.29) is 19.3 Å². The topological polar surface area (TPSA) is 82.1 Å². The van der Waals surface area contributed by atoms with Gasteiger partial charge in [-0.2, -0.15) is 11.8 Å². The fraction of sp³-hybridized carbons (Fsp3) is 0.966. The smallest absolute Gasteiger partial charge is 0.374 e. The molecule has 1 N–H and O–H groups in total. The first-order valence-electron chi connectivity index (χ1n) is 15.2.